The van der Waals surface area contributed by atoms with Crippen LogP contribution in [0, 0.1) is 0 Å². The van der Waals surface area contributed by atoms with E-state index < -0.39 is 12.5 Å². The molecule has 0 aliphatic heterocycles. The van der Waals surface area contributed by atoms with Gasteiger partial charge in [0.1, 0.15) is 5.75 Å². The van der Waals surface area contributed by atoms with Crippen LogP contribution >= 0.6 is 15.9 Å². The minimum Gasteiger partial charge on any atom is -0.434 e. The van der Waals surface area contributed by atoms with E-state index >= 15 is 0 Å². The average molecular weight is 369 g/mol. The molecule has 2 aromatic carbocycles. The summed E-state index contributed by atoms with van der Waals surface area (Å²) >= 11 is 3.31. The van der Waals surface area contributed by atoms with Gasteiger partial charge in [-0.15, -0.1) is 0 Å². The number of para-hydroxylation sites is 1. The van der Waals surface area contributed by atoms with Crippen LogP contribution in [0.25, 0.3) is 0 Å². The van der Waals surface area contributed by atoms with Gasteiger partial charge in [0.2, 0.25) is 0 Å². The maximum absolute atomic E-state index is 12.3. The normalized spacial score (nSPS) is 10.9. The van der Waals surface area contributed by atoms with Crippen molar-refractivity contribution in [3.8, 4) is 5.75 Å². The van der Waals surface area contributed by atoms with Crippen molar-refractivity contribution >= 4 is 28.1 Å². The molecule has 0 radical (unpaired) electrons. The van der Waals surface area contributed by atoms with Crippen LogP contribution in [0.1, 0.15) is 15.9 Å². The molecule has 0 unspecified atom stereocenters. The third kappa shape index (κ3) is 4.63. The number of nitrogens with one attached hydrogen (secondary N) is 1. The first kappa shape index (κ1) is 16.1. The van der Waals surface area contributed by atoms with Crippen LogP contribution in [0.5, 0.6) is 5.75 Å². The Balaban J connectivity index is 2.04. The van der Waals surface area contributed by atoms with E-state index in [0.29, 0.717) is 0 Å². The molecular formula is C15H11BrF2N2O2. The summed E-state index contributed by atoms with van der Waals surface area (Å²) in [5.74, 6) is -0.835. The summed E-state index contributed by atoms with van der Waals surface area (Å²) in [4.78, 5) is 11.9. The van der Waals surface area contributed by atoms with Gasteiger partial charge >= 0.3 is 6.61 Å². The molecular weight excluding hydrogens is 358 g/mol. The van der Waals surface area contributed by atoms with Gasteiger partial charge in [-0.3, -0.25) is 4.79 Å². The monoisotopic (exact) mass is 368 g/mol. The van der Waals surface area contributed by atoms with E-state index in [1.807, 2.05) is 12.1 Å². The lowest BCUT2D eigenvalue weighted by molar-refractivity contribution is -0.0501. The first-order valence-electron chi connectivity index (χ1n) is 6.19. The minimum atomic E-state index is -3.00. The Hall–Kier alpha value is -2.28. The largest absolute Gasteiger partial charge is 0.434 e. The van der Waals surface area contributed by atoms with Crippen molar-refractivity contribution in [1.82, 2.24) is 5.43 Å². The number of halogens is 3. The molecule has 7 heteroatoms. The van der Waals surface area contributed by atoms with Crippen molar-refractivity contribution in [2.75, 3.05) is 0 Å². The molecule has 0 aliphatic carbocycles. The van der Waals surface area contributed by atoms with E-state index in [-0.39, 0.29) is 11.3 Å². The number of hydrazone groups is 1. The number of carbonyl (C=O) groups excluding carboxylic acids is 1. The van der Waals surface area contributed by atoms with Crippen LogP contribution in [0.4, 0.5) is 8.78 Å². The standard InChI is InChI=1S/C15H11BrF2N2O2/c16-11-7-5-10(6-8-11)9-19-20-14(21)12-3-1-2-4-13(12)22-15(17)18/h1-9,15H,(H,20,21). The van der Waals surface area contributed by atoms with Gasteiger partial charge in [0.15, 0.2) is 0 Å². The zero-order valence-corrected chi connectivity index (χ0v) is 12.8. The van der Waals surface area contributed by atoms with E-state index in [4.69, 9.17) is 0 Å². The van der Waals surface area contributed by atoms with Crippen LogP contribution in [0.15, 0.2) is 58.1 Å². The highest BCUT2D eigenvalue weighted by Crippen LogP contribution is 2.20. The molecule has 0 heterocycles. The maximum atomic E-state index is 12.3. The van der Waals surface area contributed by atoms with Gasteiger partial charge in [-0.1, -0.05) is 40.2 Å². The lowest BCUT2D eigenvalue weighted by atomic mass is 10.2. The van der Waals surface area contributed by atoms with Crippen LogP contribution in [0.2, 0.25) is 0 Å². The van der Waals surface area contributed by atoms with E-state index in [9.17, 15) is 13.6 Å². The molecule has 0 bridgehead atoms. The molecule has 2 rings (SSSR count). The number of ether oxygens (including phenoxy) is 1. The molecule has 0 spiro atoms. The molecule has 1 amide bonds. The number of carbonyl (C=O) groups is 1. The first-order valence-corrected chi connectivity index (χ1v) is 6.98. The van der Waals surface area contributed by atoms with Crippen molar-refractivity contribution in [3.05, 3.63) is 64.1 Å². The molecule has 0 atom stereocenters. The SMILES string of the molecule is O=C(NN=Cc1ccc(Br)cc1)c1ccccc1OC(F)F. The quantitative estimate of drug-likeness (QED) is 0.644. The minimum absolute atomic E-state index is 0.0178. The number of nitrogens with zero attached hydrogens (tertiary/aromatic N) is 1. The third-order valence-corrected chi connectivity index (χ3v) is 3.13. The third-order valence-electron chi connectivity index (χ3n) is 2.60. The van der Waals surface area contributed by atoms with Gasteiger partial charge in [0.05, 0.1) is 11.8 Å². The van der Waals surface area contributed by atoms with Crippen molar-refractivity contribution < 1.29 is 18.3 Å². The Morgan fingerprint density at radius 3 is 2.55 bits per heavy atom. The van der Waals surface area contributed by atoms with Crippen molar-refractivity contribution in [2.45, 2.75) is 6.61 Å². The Kier molecular flexibility index (Phi) is 5.60. The Bertz CT molecular complexity index is 675. The molecule has 0 aromatic heterocycles. The van der Waals surface area contributed by atoms with Crippen LogP contribution in [0.3, 0.4) is 0 Å². The Morgan fingerprint density at radius 1 is 1.18 bits per heavy atom. The number of alkyl halides is 2. The average Bonchev–Trinajstić information content (AvgIpc) is 2.49. The van der Waals surface area contributed by atoms with Crippen molar-refractivity contribution in [3.63, 3.8) is 0 Å². The number of hydrogen-bond donors (Lipinski definition) is 1. The molecule has 2 aromatic rings. The lowest BCUT2D eigenvalue weighted by Gasteiger charge is -2.08. The number of rotatable bonds is 5. The summed E-state index contributed by atoms with van der Waals surface area (Å²) in [5, 5.41) is 3.78. The van der Waals surface area contributed by atoms with Gasteiger partial charge in [-0.05, 0) is 29.8 Å². The summed E-state index contributed by atoms with van der Waals surface area (Å²) in [6.07, 6.45) is 1.45. The van der Waals surface area contributed by atoms with Gasteiger partial charge in [0, 0.05) is 4.47 Å². The topological polar surface area (TPSA) is 50.7 Å². The van der Waals surface area contributed by atoms with Crippen molar-refractivity contribution in [1.29, 1.82) is 0 Å². The summed E-state index contributed by atoms with van der Waals surface area (Å²) in [6.45, 7) is -3.00. The molecule has 114 valence electrons. The molecule has 0 saturated heterocycles. The smallest absolute Gasteiger partial charge is 0.387 e. The van der Waals surface area contributed by atoms with Crippen LogP contribution in [-0.2, 0) is 0 Å². The van der Waals surface area contributed by atoms with Crippen LogP contribution in [-0.4, -0.2) is 18.7 Å². The fourth-order valence-electron chi connectivity index (χ4n) is 1.63. The number of benzene rings is 2. The van der Waals surface area contributed by atoms with E-state index in [1.54, 1.807) is 18.2 Å². The highest BCUT2D eigenvalue weighted by molar-refractivity contribution is 9.10. The maximum Gasteiger partial charge on any atom is 0.387 e. The predicted molar refractivity (Wildman–Crippen MR) is 82.3 cm³/mol. The summed E-state index contributed by atoms with van der Waals surface area (Å²) in [7, 11) is 0. The molecule has 0 aliphatic rings. The summed E-state index contributed by atoms with van der Waals surface area (Å²) in [6, 6.07) is 13.0. The Morgan fingerprint density at radius 2 is 1.86 bits per heavy atom. The van der Waals surface area contributed by atoms with Gasteiger partial charge < -0.3 is 4.74 Å². The number of hydrogen-bond acceptors (Lipinski definition) is 3. The van der Waals surface area contributed by atoms with Gasteiger partial charge in [-0.2, -0.15) is 13.9 Å². The first-order chi connectivity index (χ1) is 10.6. The predicted octanol–water partition coefficient (Wildman–Crippen LogP) is 3.81. The van der Waals surface area contributed by atoms with E-state index in [2.05, 4.69) is 31.2 Å². The van der Waals surface area contributed by atoms with Gasteiger partial charge in [0.25, 0.3) is 5.91 Å². The molecule has 0 fully saturated rings. The lowest BCUT2D eigenvalue weighted by Crippen LogP contribution is -2.19. The molecule has 22 heavy (non-hydrogen) atoms. The second-order valence-electron chi connectivity index (χ2n) is 4.13. The molecule has 0 saturated carbocycles. The second kappa shape index (κ2) is 7.65. The zero-order chi connectivity index (χ0) is 15.9. The second-order valence-corrected chi connectivity index (χ2v) is 5.04. The molecule has 1 N–H and O–H groups in total. The number of amides is 1. The molecule has 4 nitrogen and oxygen atoms in total. The highest BCUT2D eigenvalue weighted by Gasteiger charge is 2.14. The van der Waals surface area contributed by atoms with E-state index in [0.717, 1.165) is 10.0 Å². The fraction of sp³-hybridized carbons (Fsp3) is 0.0667. The summed E-state index contributed by atoms with van der Waals surface area (Å²) in [5.41, 5.74) is 3.03. The van der Waals surface area contributed by atoms with Gasteiger partial charge in [-0.25, -0.2) is 5.43 Å². The van der Waals surface area contributed by atoms with Crippen LogP contribution < -0.4 is 10.2 Å². The highest BCUT2D eigenvalue weighted by atomic mass is 79.9. The fourth-order valence-corrected chi connectivity index (χ4v) is 1.89. The van der Waals surface area contributed by atoms with E-state index in [1.165, 1.54) is 24.4 Å². The summed E-state index contributed by atoms with van der Waals surface area (Å²) < 4.78 is 29.8. The zero-order valence-electron chi connectivity index (χ0n) is 11.2. The van der Waals surface area contributed by atoms with Crippen molar-refractivity contribution in [2.24, 2.45) is 5.10 Å². The Labute approximate surface area is 133 Å².